The highest BCUT2D eigenvalue weighted by molar-refractivity contribution is 7.89. The largest absolute Gasteiger partial charge is 0.317 e. The van der Waals surface area contributed by atoms with Crippen molar-refractivity contribution in [3.8, 4) is 0 Å². The number of nitrogens with one attached hydrogen (secondary N) is 1. The van der Waals surface area contributed by atoms with Crippen LogP contribution in [0.4, 0.5) is 0 Å². The van der Waals surface area contributed by atoms with Crippen molar-refractivity contribution in [1.82, 2.24) is 14.5 Å². The summed E-state index contributed by atoms with van der Waals surface area (Å²) >= 11 is 0. The number of rotatable bonds is 9. The molecule has 1 aliphatic rings. The average Bonchev–Trinajstić information content (AvgIpc) is 2.38. The van der Waals surface area contributed by atoms with Gasteiger partial charge in [0.1, 0.15) is 0 Å². The molecule has 1 N–H and O–H groups in total. The van der Waals surface area contributed by atoms with Crippen molar-refractivity contribution in [2.75, 3.05) is 52.6 Å². The maximum atomic E-state index is 12.2. The molecule has 0 aromatic rings. The minimum absolute atomic E-state index is 0.280. The van der Waals surface area contributed by atoms with Crippen LogP contribution in [0.2, 0.25) is 0 Å². The van der Waals surface area contributed by atoms with E-state index in [1.807, 2.05) is 0 Å². The predicted molar refractivity (Wildman–Crippen MR) is 84.4 cm³/mol. The van der Waals surface area contributed by atoms with Crippen LogP contribution in [0.5, 0.6) is 0 Å². The number of nitrogens with zero attached hydrogens (tertiary/aromatic N) is 2. The Balaban J connectivity index is 2.28. The molecule has 0 saturated carbocycles. The van der Waals surface area contributed by atoms with E-state index in [4.69, 9.17) is 0 Å². The first-order valence-electron chi connectivity index (χ1n) is 7.79. The van der Waals surface area contributed by atoms with E-state index in [0.717, 1.165) is 38.9 Å². The second-order valence-corrected chi connectivity index (χ2v) is 8.11. The molecule has 1 heterocycles. The van der Waals surface area contributed by atoms with Crippen molar-refractivity contribution < 1.29 is 8.42 Å². The molecule has 0 unspecified atom stereocenters. The minimum atomic E-state index is -3.04. The van der Waals surface area contributed by atoms with Crippen LogP contribution < -0.4 is 5.32 Å². The van der Waals surface area contributed by atoms with Crippen molar-refractivity contribution in [3.05, 3.63) is 0 Å². The van der Waals surface area contributed by atoms with Crippen LogP contribution in [-0.2, 0) is 10.0 Å². The molecule has 0 atom stereocenters. The summed E-state index contributed by atoms with van der Waals surface area (Å²) in [6, 6.07) is 0. The van der Waals surface area contributed by atoms with Crippen molar-refractivity contribution in [2.45, 2.75) is 32.6 Å². The predicted octanol–water partition coefficient (Wildman–Crippen LogP) is 0.980. The fourth-order valence-electron chi connectivity index (χ4n) is 2.70. The van der Waals surface area contributed by atoms with E-state index < -0.39 is 10.0 Å². The zero-order valence-electron chi connectivity index (χ0n) is 13.3. The Labute approximate surface area is 124 Å². The number of sulfonamides is 1. The molecule has 1 rings (SSSR count). The first-order valence-corrected chi connectivity index (χ1v) is 9.40. The third kappa shape index (κ3) is 6.52. The van der Waals surface area contributed by atoms with E-state index in [1.54, 1.807) is 4.31 Å². The Morgan fingerprint density at radius 1 is 1.20 bits per heavy atom. The third-order valence-electron chi connectivity index (χ3n) is 3.77. The lowest BCUT2D eigenvalue weighted by atomic mass is 9.98. The van der Waals surface area contributed by atoms with E-state index in [1.165, 1.54) is 0 Å². The molecule has 0 aliphatic carbocycles. The van der Waals surface area contributed by atoms with Gasteiger partial charge in [0.25, 0.3) is 0 Å². The fraction of sp³-hybridized carbons (Fsp3) is 1.00. The van der Waals surface area contributed by atoms with Crippen LogP contribution in [0.3, 0.4) is 0 Å². The number of hydrogen-bond donors (Lipinski definition) is 1. The maximum Gasteiger partial charge on any atom is 0.214 e. The summed E-state index contributed by atoms with van der Waals surface area (Å²) in [5, 5.41) is 3.25. The highest BCUT2D eigenvalue weighted by Gasteiger charge is 2.27. The highest BCUT2D eigenvalue weighted by Crippen LogP contribution is 2.20. The Morgan fingerprint density at radius 3 is 2.40 bits per heavy atom. The van der Waals surface area contributed by atoms with Crippen molar-refractivity contribution in [1.29, 1.82) is 0 Å². The smallest absolute Gasteiger partial charge is 0.214 e. The van der Waals surface area contributed by atoms with Gasteiger partial charge in [0.2, 0.25) is 10.0 Å². The van der Waals surface area contributed by atoms with Crippen molar-refractivity contribution >= 4 is 10.0 Å². The van der Waals surface area contributed by atoms with Gasteiger partial charge in [-0.05, 0) is 58.8 Å². The van der Waals surface area contributed by atoms with Gasteiger partial charge in [-0.15, -0.1) is 0 Å². The summed E-state index contributed by atoms with van der Waals surface area (Å²) in [5.74, 6) is 0.921. The highest BCUT2D eigenvalue weighted by atomic mass is 32.2. The first kappa shape index (κ1) is 17.9. The van der Waals surface area contributed by atoms with Gasteiger partial charge < -0.3 is 10.2 Å². The van der Waals surface area contributed by atoms with Gasteiger partial charge in [-0.2, -0.15) is 0 Å². The summed E-state index contributed by atoms with van der Waals surface area (Å²) in [6.07, 6.45) is 3.78. The lowest BCUT2D eigenvalue weighted by Gasteiger charge is -2.32. The maximum absolute atomic E-state index is 12.2. The standard InChI is InChI=1S/C14H31N3O2S/c1-4-8-15-9-5-12-20(18,19)17-10-6-14(7-11-17)13-16(2)3/h14-15H,4-13H2,1-3H3. The zero-order valence-corrected chi connectivity index (χ0v) is 14.1. The Kier molecular flexibility index (Phi) is 8.02. The van der Waals surface area contributed by atoms with Gasteiger partial charge in [0, 0.05) is 19.6 Å². The monoisotopic (exact) mass is 305 g/mol. The van der Waals surface area contributed by atoms with Crippen LogP contribution in [-0.4, -0.2) is 70.2 Å². The molecule has 1 aliphatic heterocycles. The molecular weight excluding hydrogens is 274 g/mol. The Bertz CT molecular complexity index is 349. The molecule has 1 fully saturated rings. The molecule has 0 amide bonds. The van der Waals surface area contributed by atoms with Crippen molar-refractivity contribution in [3.63, 3.8) is 0 Å². The molecule has 6 heteroatoms. The molecule has 1 saturated heterocycles. The Morgan fingerprint density at radius 2 is 1.85 bits per heavy atom. The van der Waals surface area contributed by atoms with Gasteiger partial charge in [-0.1, -0.05) is 6.92 Å². The minimum Gasteiger partial charge on any atom is -0.317 e. The zero-order chi connectivity index (χ0) is 15.0. The van der Waals surface area contributed by atoms with E-state index in [0.29, 0.717) is 25.4 Å². The van der Waals surface area contributed by atoms with Gasteiger partial charge in [0.15, 0.2) is 0 Å². The normalized spacial score (nSPS) is 18.8. The van der Waals surface area contributed by atoms with Crippen LogP contribution >= 0.6 is 0 Å². The van der Waals surface area contributed by atoms with Crippen molar-refractivity contribution in [2.24, 2.45) is 5.92 Å². The summed E-state index contributed by atoms with van der Waals surface area (Å²) in [4.78, 5) is 2.19. The average molecular weight is 305 g/mol. The second-order valence-electron chi connectivity index (χ2n) is 6.02. The van der Waals surface area contributed by atoms with Crippen LogP contribution in [0, 0.1) is 5.92 Å². The quantitative estimate of drug-likeness (QED) is 0.645. The Hall–Kier alpha value is -0.170. The lowest BCUT2D eigenvalue weighted by molar-refractivity contribution is 0.225. The van der Waals surface area contributed by atoms with E-state index in [-0.39, 0.29) is 5.75 Å². The summed E-state index contributed by atoms with van der Waals surface area (Å²) in [6.45, 7) is 6.34. The first-order chi connectivity index (χ1) is 9.45. The molecule has 0 radical (unpaired) electrons. The molecule has 0 spiro atoms. The van der Waals surface area contributed by atoms with Gasteiger partial charge in [0.05, 0.1) is 5.75 Å². The lowest BCUT2D eigenvalue weighted by Crippen LogP contribution is -2.41. The van der Waals surface area contributed by atoms with E-state index in [9.17, 15) is 8.42 Å². The van der Waals surface area contributed by atoms with Crippen LogP contribution in [0.15, 0.2) is 0 Å². The molecular formula is C14H31N3O2S. The van der Waals surface area contributed by atoms with E-state index in [2.05, 4.69) is 31.2 Å². The van der Waals surface area contributed by atoms with Gasteiger partial charge in [-0.25, -0.2) is 12.7 Å². The summed E-state index contributed by atoms with van der Waals surface area (Å²) < 4.78 is 26.2. The summed E-state index contributed by atoms with van der Waals surface area (Å²) in [7, 11) is 1.11. The number of hydrogen-bond acceptors (Lipinski definition) is 4. The van der Waals surface area contributed by atoms with Gasteiger partial charge in [-0.3, -0.25) is 0 Å². The third-order valence-corrected chi connectivity index (χ3v) is 5.73. The van der Waals surface area contributed by atoms with Gasteiger partial charge >= 0.3 is 0 Å². The summed E-state index contributed by atoms with van der Waals surface area (Å²) in [5.41, 5.74) is 0. The fourth-order valence-corrected chi connectivity index (χ4v) is 4.23. The van der Waals surface area contributed by atoms with Crippen LogP contribution in [0.1, 0.15) is 32.6 Å². The molecule has 0 aromatic heterocycles. The van der Waals surface area contributed by atoms with Crippen LogP contribution in [0.25, 0.3) is 0 Å². The second kappa shape index (κ2) is 8.97. The van der Waals surface area contributed by atoms with E-state index >= 15 is 0 Å². The SMILES string of the molecule is CCCNCCCS(=O)(=O)N1CCC(CN(C)C)CC1. The molecule has 120 valence electrons. The topological polar surface area (TPSA) is 52.7 Å². The molecule has 5 nitrogen and oxygen atoms in total. The molecule has 0 aromatic carbocycles. The molecule has 0 bridgehead atoms. The number of piperidine rings is 1. The molecule has 20 heavy (non-hydrogen) atoms.